The molecule has 152 valence electrons. The second-order valence-electron chi connectivity index (χ2n) is 7.28. The molecule has 0 radical (unpaired) electrons. The smallest absolute Gasteiger partial charge is 0.273 e. The molecule has 7 heteroatoms. The molecule has 7 nitrogen and oxygen atoms in total. The minimum atomic E-state index is -0.545. The van der Waals surface area contributed by atoms with Crippen molar-refractivity contribution in [3.63, 3.8) is 0 Å². The molecule has 0 saturated carbocycles. The Morgan fingerprint density at radius 3 is 2.60 bits per heavy atom. The van der Waals surface area contributed by atoms with Crippen LogP contribution in [-0.2, 0) is 4.79 Å². The van der Waals surface area contributed by atoms with Gasteiger partial charge in [0.1, 0.15) is 6.04 Å². The third kappa shape index (κ3) is 3.28. The van der Waals surface area contributed by atoms with Crippen LogP contribution in [-0.4, -0.2) is 25.9 Å². The van der Waals surface area contributed by atoms with Crippen LogP contribution in [0.3, 0.4) is 0 Å². The third-order valence-corrected chi connectivity index (χ3v) is 5.21. The summed E-state index contributed by atoms with van der Waals surface area (Å²) in [7, 11) is 0. The first kappa shape index (κ1) is 19.6. The summed E-state index contributed by atoms with van der Waals surface area (Å²) in [5, 5.41) is 3.74. The number of Topliss-reactive ketones (excluding diaryl/α,β-unsaturated/α-hetero) is 1. The molecule has 4 aromatic rings. The van der Waals surface area contributed by atoms with Gasteiger partial charge in [-0.05, 0) is 44.5 Å². The maximum atomic E-state index is 13.3. The third-order valence-electron chi connectivity index (χ3n) is 5.21. The van der Waals surface area contributed by atoms with Crippen molar-refractivity contribution < 1.29 is 9.59 Å². The zero-order chi connectivity index (χ0) is 21.4. The molecule has 1 atom stereocenters. The number of carbonyl (C=O) groups excluding carboxylic acids is 2. The van der Waals surface area contributed by atoms with Gasteiger partial charge in [0.25, 0.3) is 5.56 Å². The molecule has 0 saturated heterocycles. The first-order valence-electron chi connectivity index (χ1n) is 9.82. The Balaban J connectivity index is 1.85. The van der Waals surface area contributed by atoms with Crippen LogP contribution in [0.1, 0.15) is 42.4 Å². The Morgan fingerprint density at radius 2 is 1.87 bits per heavy atom. The molecule has 0 fully saturated rings. The number of carbonyl (C=O) groups is 2. The molecule has 2 heterocycles. The number of nitrogens with zero attached hydrogens (tertiary/aromatic N) is 3. The maximum absolute atomic E-state index is 13.3. The summed E-state index contributed by atoms with van der Waals surface area (Å²) < 4.78 is 3.71. The van der Waals surface area contributed by atoms with E-state index in [1.807, 2.05) is 47.3 Å². The molecular weight excluding hydrogens is 380 g/mol. The SMILES string of the molecule is CC[C@H](C(=O)Nc1cccc(C(C)=O)c1)n1c2ccccc2c2nc(=O)cc(C)n21. The summed E-state index contributed by atoms with van der Waals surface area (Å²) in [5.41, 5.74) is 2.84. The van der Waals surface area contributed by atoms with Gasteiger partial charge >= 0.3 is 0 Å². The topological polar surface area (TPSA) is 85.5 Å². The first-order valence-corrected chi connectivity index (χ1v) is 9.82. The number of para-hydroxylation sites is 1. The lowest BCUT2D eigenvalue weighted by atomic mass is 10.1. The maximum Gasteiger partial charge on any atom is 0.273 e. The van der Waals surface area contributed by atoms with E-state index < -0.39 is 6.04 Å². The number of fused-ring (bicyclic) bond motifs is 3. The second kappa shape index (κ2) is 7.59. The van der Waals surface area contributed by atoms with Gasteiger partial charge < -0.3 is 5.32 Å². The molecule has 0 unspecified atom stereocenters. The van der Waals surface area contributed by atoms with E-state index in [9.17, 15) is 14.4 Å². The highest BCUT2D eigenvalue weighted by Gasteiger charge is 2.25. The molecule has 0 spiro atoms. The fraction of sp³-hybridized carbons (Fsp3) is 0.217. The summed E-state index contributed by atoms with van der Waals surface area (Å²) in [6.45, 7) is 5.25. The fourth-order valence-corrected chi connectivity index (χ4v) is 3.83. The number of benzene rings is 2. The van der Waals surface area contributed by atoms with Crippen molar-refractivity contribution in [3.05, 3.63) is 76.2 Å². The van der Waals surface area contributed by atoms with Gasteiger partial charge in [0, 0.05) is 28.4 Å². The predicted molar refractivity (Wildman–Crippen MR) is 116 cm³/mol. The minimum absolute atomic E-state index is 0.0637. The Labute approximate surface area is 172 Å². The molecule has 2 aromatic heterocycles. The normalized spacial score (nSPS) is 12.2. The van der Waals surface area contributed by atoms with E-state index in [0.717, 1.165) is 10.9 Å². The van der Waals surface area contributed by atoms with Crippen LogP contribution in [0.5, 0.6) is 0 Å². The van der Waals surface area contributed by atoms with Crippen LogP contribution in [0.25, 0.3) is 16.6 Å². The summed E-state index contributed by atoms with van der Waals surface area (Å²) in [6, 6.07) is 15.4. The number of aromatic nitrogens is 3. The van der Waals surface area contributed by atoms with Crippen LogP contribution in [0, 0.1) is 6.92 Å². The first-order chi connectivity index (χ1) is 14.4. The minimum Gasteiger partial charge on any atom is -0.324 e. The molecular formula is C23H22N4O3. The van der Waals surface area contributed by atoms with E-state index in [1.54, 1.807) is 24.3 Å². The number of nitrogens with one attached hydrogen (secondary N) is 1. The number of hydrogen-bond donors (Lipinski definition) is 1. The fourth-order valence-electron chi connectivity index (χ4n) is 3.83. The van der Waals surface area contributed by atoms with Crippen molar-refractivity contribution in [1.29, 1.82) is 0 Å². The second-order valence-corrected chi connectivity index (χ2v) is 7.28. The molecule has 2 aromatic carbocycles. The predicted octanol–water partition coefficient (Wildman–Crippen LogP) is 3.75. The van der Waals surface area contributed by atoms with Gasteiger partial charge in [0.05, 0.1) is 5.52 Å². The van der Waals surface area contributed by atoms with Crippen LogP contribution in [0.2, 0.25) is 0 Å². The summed E-state index contributed by atoms with van der Waals surface area (Å²) in [5.74, 6) is -0.273. The summed E-state index contributed by atoms with van der Waals surface area (Å²) in [4.78, 5) is 41.2. The van der Waals surface area contributed by atoms with Gasteiger partial charge in [0.2, 0.25) is 5.91 Å². The van der Waals surface area contributed by atoms with E-state index in [-0.39, 0.29) is 17.2 Å². The van der Waals surface area contributed by atoms with Crippen molar-refractivity contribution in [2.24, 2.45) is 0 Å². The van der Waals surface area contributed by atoms with Crippen molar-refractivity contribution in [2.75, 3.05) is 5.32 Å². The average Bonchev–Trinajstić information content (AvgIpc) is 3.03. The van der Waals surface area contributed by atoms with E-state index in [0.29, 0.717) is 29.0 Å². The molecule has 1 N–H and O–H groups in total. The number of anilines is 1. The lowest BCUT2D eigenvalue weighted by Gasteiger charge is -2.20. The molecule has 0 bridgehead atoms. The number of rotatable bonds is 5. The van der Waals surface area contributed by atoms with Crippen molar-refractivity contribution in [3.8, 4) is 0 Å². The van der Waals surface area contributed by atoms with E-state index in [1.165, 1.54) is 13.0 Å². The highest BCUT2D eigenvalue weighted by Crippen LogP contribution is 2.27. The van der Waals surface area contributed by atoms with E-state index in [4.69, 9.17) is 0 Å². The number of hydrogen-bond acceptors (Lipinski definition) is 4. The lowest BCUT2D eigenvalue weighted by molar-refractivity contribution is -0.119. The van der Waals surface area contributed by atoms with Gasteiger partial charge in [0.15, 0.2) is 11.4 Å². The van der Waals surface area contributed by atoms with Gasteiger partial charge in [-0.1, -0.05) is 31.2 Å². The molecule has 0 aliphatic heterocycles. The van der Waals surface area contributed by atoms with Crippen LogP contribution in [0.4, 0.5) is 5.69 Å². The van der Waals surface area contributed by atoms with Crippen LogP contribution in [0.15, 0.2) is 59.4 Å². The van der Waals surface area contributed by atoms with E-state index in [2.05, 4.69) is 10.3 Å². The van der Waals surface area contributed by atoms with Gasteiger partial charge in [-0.25, -0.2) is 4.52 Å². The highest BCUT2D eigenvalue weighted by molar-refractivity contribution is 5.99. The van der Waals surface area contributed by atoms with Gasteiger partial charge in [-0.3, -0.25) is 19.1 Å². The number of aryl methyl sites for hydroxylation is 1. The van der Waals surface area contributed by atoms with E-state index >= 15 is 0 Å². The molecule has 4 rings (SSSR count). The number of amides is 1. The zero-order valence-corrected chi connectivity index (χ0v) is 17.0. The lowest BCUT2D eigenvalue weighted by Crippen LogP contribution is -2.29. The molecule has 0 aliphatic carbocycles. The molecule has 30 heavy (non-hydrogen) atoms. The van der Waals surface area contributed by atoms with Crippen molar-refractivity contribution in [1.82, 2.24) is 14.2 Å². The average molecular weight is 402 g/mol. The standard InChI is InChI=1S/C23H22N4O3/c1-4-19(23(30)24-17-9-7-8-16(13-17)15(3)28)27-20-11-6-5-10-18(20)22-25-21(29)12-14(2)26(22)27/h5-13,19H,4H2,1-3H3,(H,24,30)/t19-/m1/s1. The summed E-state index contributed by atoms with van der Waals surface area (Å²) in [6.07, 6.45) is 0.525. The Hall–Kier alpha value is -3.74. The summed E-state index contributed by atoms with van der Waals surface area (Å²) >= 11 is 0. The van der Waals surface area contributed by atoms with Crippen LogP contribution >= 0.6 is 0 Å². The highest BCUT2D eigenvalue weighted by atomic mass is 16.2. The zero-order valence-electron chi connectivity index (χ0n) is 17.0. The Morgan fingerprint density at radius 1 is 1.10 bits per heavy atom. The Bertz CT molecular complexity index is 1350. The van der Waals surface area contributed by atoms with Gasteiger partial charge in [-0.2, -0.15) is 4.98 Å². The number of ketones is 1. The monoisotopic (exact) mass is 402 g/mol. The van der Waals surface area contributed by atoms with Crippen molar-refractivity contribution >= 4 is 33.9 Å². The largest absolute Gasteiger partial charge is 0.324 e. The quantitative estimate of drug-likeness (QED) is 0.515. The van der Waals surface area contributed by atoms with Crippen molar-refractivity contribution in [2.45, 2.75) is 33.2 Å². The molecule has 1 amide bonds. The molecule has 0 aliphatic rings. The Kier molecular flexibility index (Phi) is 4.95. The van der Waals surface area contributed by atoms with Gasteiger partial charge in [-0.15, -0.1) is 0 Å². The van der Waals surface area contributed by atoms with Crippen LogP contribution < -0.4 is 10.9 Å².